The van der Waals surface area contributed by atoms with Crippen LogP contribution in [0.5, 0.6) is 0 Å². The molecule has 0 radical (unpaired) electrons. The van der Waals surface area contributed by atoms with Gasteiger partial charge in [0, 0.05) is 12.8 Å². The predicted octanol–water partition coefficient (Wildman–Crippen LogP) is 3.54. The second-order valence-corrected chi connectivity index (χ2v) is 5.92. The van der Waals surface area contributed by atoms with Gasteiger partial charge in [-0.15, -0.1) is 0 Å². The summed E-state index contributed by atoms with van der Waals surface area (Å²) in [7, 11) is 0. The third kappa shape index (κ3) is 2.33. The fourth-order valence-corrected chi connectivity index (χ4v) is 3.42. The minimum absolute atomic E-state index is 0.0290. The molecule has 1 aromatic rings. The van der Waals surface area contributed by atoms with Gasteiger partial charge in [-0.05, 0) is 37.0 Å². The fraction of sp³-hybridized carbons (Fsp3) is 0.600. The van der Waals surface area contributed by atoms with E-state index in [1.807, 2.05) is 0 Å². The van der Waals surface area contributed by atoms with Crippen molar-refractivity contribution in [2.75, 3.05) is 0 Å². The van der Waals surface area contributed by atoms with Gasteiger partial charge >= 0.3 is 6.18 Å². The van der Waals surface area contributed by atoms with Crippen LogP contribution in [0.2, 0.25) is 0 Å². The number of halogens is 3. The summed E-state index contributed by atoms with van der Waals surface area (Å²) in [6, 6.07) is 3.94. The Hall–Kier alpha value is -1.07. The SMILES string of the molecule is Cc1cc(C2(O)CC3CCC(C2)O3)ccc1C(F)(F)F. The van der Waals surface area contributed by atoms with Gasteiger partial charge in [-0.3, -0.25) is 0 Å². The van der Waals surface area contributed by atoms with Crippen LogP contribution in [0, 0.1) is 6.92 Å². The first-order chi connectivity index (χ1) is 9.28. The predicted molar refractivity (Wildman–Crippen MR) is 67.2 cm³/mol. The molecule has 0 amide bonds. The molecule has 5 heteroatoms. The molecule has 2 aliphatic rings. The summed E-state index contributed by atoms with van der Waals surface area (Å²) in [6.07, 6.45) is -1.51. The number of rotatable bonds is 1. The van der Waals surface area contributed by atoms with Gasteiger partial charge in [0.2, 0.25) is 0 Å². The van der Waals surface area contributed by atoms with Crippen LogP contribution in [-0.2, 0) is 16.5 Å². The van der Waals surface area contributed by atoms with Gasteiger partial charge < -0.3 is 9.84 Å². The second-order valence-electron chi connectivity index (χ2n) is 5.92. The molecule has 110 valence electrons. The topological polar surface area (TPSA) is 29.5 Å². The molecule has 2 bridgehead atoms. The lowest BCUT2D eigenvalue weighted by atomic mass is 9.82. The van der Waals surface area contributed by atoms with Crippen LogP contribution < -0.4 is 0 Å². The van der Waals surface area contributed by atoms with Crippen molar-refractivity contribution < 1.29 is 23.0 Å². The molecular formula is C15H17F3O2. The molecule has 3 rings (SSSR count). The highest BCUT2D eigenvalue weighted by Gasteiger charge is 2.45. The smallest absolute Gasteiger partial charge is 0.385 e. The molecule has 20 heavy (non-hydrogen) atoms. The van der Waals surface area contributed by atoms with Crippen molar-refractivity contribution in [1.29, 1.82) is 0 Å². The maximum atomic E-state index is 12.8. The first-order valence-electron chi connectivity index (χ1n) is 6.84. The Labute approximate surface area is 115 Å². The van der Waals surface area contributed by atoms with Crippen molar-refractivity contribution in [2.45, 2.75) is 56.6 Å². The van der Waals surface area contributed by atoms with Crippen LogP contribution in [0.4, 0.5) is 13.2 Å². The Morgan fingerprint density at radius 1 is 1.20 bits per heavy atom. The normalized spacial score (nSPS) is 33.5. The van der Waals surface area contributed by atoms with Crippen LogP contribution in [0.1, 0.15) is 42.4 Å². The molecule has 2 nitrogen and oxygen atoms in total. The van der Waals surface area contributed by atoms with E-state index in [0.29, 0.717) is 18.4 Å². The first-order valence-corrected chi connectivity index (χ1v) is 6.84. The summed E-state index contributed by atoms with van der Waals surface area (Å²) < 4.78 is 44.0. The molecule has 1 aromatic carbocycles. The number of fused-ring (bicyclic) bond motifs is 2. The lowest BCUT2D eigenvalue weighted by molar-refractivity contribution is -0.138. The van der Waals surface area contributed by atoms with E-state index in [2.05, 4.69) is 0 Å². The lowest BCUT2D eigenvalue weighted by Gasteiger charge is -2.37. The highest BCUT2D eigenvalue weighted by atomic mass is 19.4. The van der Waals surface area contributed by atoms with E-state index in [0.717, 1.165) is 18.9 Å². The van der Waals surface area contributed by atoms with Crippen LogP contribution >= 0.6 is 0 Å². The van der Waals surface area contributed by atoms with E-state index in [1.54, 1.807) is 0 Å². The minimum atomic E-state index is -4.35. The molecule has 2 atom stereocenters. The third-order valence-corrected chi connectivity index (χ3v) is 4.40. The zero-order chi connectivity index (χ0) is 14.5. The van der Waals surface area contributed by atoms with E-state index in [9.17, 15) is 18.3 Å². The second kappa shape index (κ2) is 4.46. The summed E-state index contributed by atoms with van der Waals surface area (Å²) >= 11 is 0. The maximum Gasteiger partial charge on any atom is 0.416 e. The molecule has 2 saturated heterocycles. The average Bonchev–Trinajstić information content (AvgIpc) is 2.67. The van der Waals surface area contributed by atoms with E-state index < -0.39 is 17.3 Å². The zero-order valence-corrected chi connectivity index (χ0v) is 11.2. The van der Waals surface area contributed by atoms with Crippen LogP contribution in [0.3, 0.4) is 0 Å². The number of ether oxygens (including phenoxy) is 1. The molecule has 0 spiro atoms. The molecule has 2 unspecified atom stereocenters. The number of hydrogen-bond donors (Lipinski definition) is 1. The fourth-order valence-electron chi connectivity index (χ4n) is 3.42. The highest BCUT2D eigenvalue weighted by molar-refractivity contribution is 5.36. The molecule has 0 saturated carbocycles. The van der Waals surface area contributed by atoms with Crippen molar-refractivity contribution in [3.8, 4) is 0 Å². The van der Waals surface area contributed by atoms with Crippen molar-refractivity contribution in [1.82, 2.24) is 0 Å². The van der Waals surface area contributed by atoms with Crippen molar-refractivity contribution in [2.24, 2.45) is 0 Å². The Balaban J connectivity index is 1.93. The lowest BCUT2D eigenvalue weighted by Crippen LogP contribution is -2.38. The Bertz CT molecular complexity index is 512. The number of aliphatic hydroxyl groups is 1. The minimum Gasteiger partial charge on any atom is -0.385 e. The Kier molecular flexibility index (Phi) is 3.10. The maximum absolute atomic E-state index is 12.8. The van der Waals surface area contributed by atoms with Gasteiger partial charge in [0.05, 0.1) is 23.4 Å². The number of alkyl halides is 3. The standard InChI is InChI=1S/C15H17F3O2/c1-9-6-10(2-5-13(9)15(16,17)18)14(19)7-11-3-4-12(8-14)20-11/h2,5-6,11-12,19H,3-4,7-8H2,1H3. The molecular weight excluding hydrogens is 269 g/mol. The van der Waals surface area contributed by atoms with Gasteiger partial charge in [-0.1, -0.05) is 12.1 Å². The highest BCUT2D eigenvalue weighted by Crippen LogP contribution is 2.44. The third-order valence-electron chi connectivity index (χ3n) is 4.40. The average molecular weight is 286 g/mol. The van der Waals surface area contributed by atoms with Gasteiger partial charge in [-0.25, -0.2) is 0 Å². The molecule has 0 aliphatic carbocycles. The molecule has 2 fully saturated rings. The van der Waals surface area contributed by atoms with Gasteiger partial charge in [0.15, 0.2) is 0 Å². The molecule has 1 N–H and O–H groups in total. The summed E-state index contributed by atoms with van der Waals surface area (Å²) in [5, 5.41) is 10.8. The van der Waals surface area contributed by atoms with Crippen molar-refractivity contribution >= 4 is 0 Å². The summed E-state index contributed by atoms with van der Waals surface area (Å²) in [5.74, 6) is 0. The Morgan fingerprint density at radius 3 is 2.30 bits per heavy atom. The number of benzene rings is 1. The quantitative estimate of drug-likeness (QED) is 0.855. The van der Waals surface area contributed by atoms with E-state index >= 15 is 0 Å². The number of aryl methyl sites for hydroxylation is 1. The molecule has 2 aliphatic heterocycles. The largest absolute Gasteiger partial charge is 0.416 e. The monoisotopic (exact) mass is 286 g/mol. The van der Waals surface area contributed by atoms with Crippen molar-refractivity contribution in [3.63, 3.8) is 0 Å². The van der Waals surface area contributed by atoms with Gasteiger partial charge in [0.1, 0.15) is 0 Å². The van der Waals surface area contributed by atoms with E-state index in [-0.39, 0.29) is 17.8 Å². The molecule has 0 aromatic heterocycles. The van der Waals surface area contributed by atoms with Gasteiger partial charge in [0.25, 0.3) is 0 Å². The Morgan fingerprint density at radius 2 is 1.80 bits per heavy atom. The summed E-state index contributed by atoms with van der Waals surface area (Å²) in [4.78, 5) is 0. The van der Waals surface area contributed by atoms with Crippen molar-refractivity contribution in [3.05, 3.63) is 34.9 Å². The summed E-state index contributed by atoms with van der Waals surface area (Å²) in [6.45, 7) is 1.43. The summed E-state index contributed by atoms with van der Waals surface area (Å²) in [5.41, 5.74) is -0.968. The van der Waals surface area contributed by atoms with Crippen LogP contribution in [-0.4, -0.2) is 17.3 Å². The number of hydrogen-bond acceptors (Lipinski definition) is 2. The van der Waals surface area contributed by atoms with E-state index in [1.165, 1.54) is 19.1 Å². The van der Waals surface area contributed by atoms with Crippen LogP contribution in [0.15, 0.2) is 18.2 Å². The zero-order valence-electron chi connectivity index (χ0n) is 11.2. The van der Waals surface area contributed by atoms with Gasteiger partial charge in [-0.2, -0.15) is 13.2 Å². The molecule has 2 heterocycles. The van der Waals surface area contributed by atoms with E-state index in [4.69, 9.17) is 4.74 Å². The van der Waals surface area contributed by atoms with Crippen LogP contribution in [0.25, 0.3) is 0 Å². The first kappa shape index (κ1) is 13.9.